The molecule has 0 spiro atoms. The fourth-order valence-corrected chi connectivity index (χ4v) is 1.49. The van der Waals surface area contributed by atoms with Gasteiger partial charge in [0, 0.05) is 5.56 Å². The van der Waals surface area contributed by atoms with Crippen molar-refractivity contribution in [3.05, 3.63) is 34.9 Å². The van der Waals surface area contributed by atoms with E-state index in [0.29, 0.717) is 6.42 Å². The van der Waals surface area contributed by atoms with Gasteiger partial charge in [-0.15, -0.1) is 0 Å². The van der Waals surface area contributed by atoms with Crippen LogP contribution >= 0.6 is 0 Å². The van der Waals surface area contributed by atoms with Gasteiger partial charge in [0.05, 0.1) is 6.10 Å². The molecule has 0 fully saturated rings. The summed E-state index contributed by atoms with van der Waals surface area (Å²) in [4.78, 5) is 0. The van der Waals surface area contributed by atoms with Gasteiger partial charge >= 0.3 is 0 Å². The summed E-state index contributed by atoms with van der Waals surface area (Å²) < 4.78 is 26.6. The topological polar surface area (TPSA) is 20.2 Å². The Morgan fingerprint density at radius 3 is 2.33 bits per heavy atom. The first kappa shape index (κ1) is 12.1. The molecular weight excluding hydrogens is 198 g/mol. The maximum atomic E-state index is 13.4. The van der Waals surface area contributed by atoms with Gasteiger partial charge in [-0.25, -0.2) is 8.78 Å². The Bertz CT molecular complexity index is 348. The number of aliphatic hydroxyl groups is 1. The molecule has 84 valence electrons. The van der Waals surface area contributed by atoms with Crippen LogP contribution in [0.4, 0.5) is 8.78 Å². The van der Waals surface area contributed by atoms with Crippen molar-refractivity contribution in [3.63, 3.8) is 0 Å². The summed E-state index contributed by atoms with van der Waals surface area (Å²) in [6, 6.07) is 2.20. The largest absolute Gasteiger partial charge is 0.388 e. The van der Waals surface area contributed by atoms with Crippen LogP contribution in [0.5, 0.6) is 0 Å². The number of hydrogen-bond acceptors (Lipinski definition) is 1. The van der Waals surface area contributed by atoms with Gasteiger partial charge in [-0.2, -0.15) is 0 Å². The Kier molecular flexibility index (Phi) is 3.80. The minimum absolute atomic E-state index is 0.0480. The number of halogens is 2. The average molecular weight is 214 g/mol. The molecule has 0 aliphatic heterocycles. The van der Waals surface area contributed by atoms with Crippen LogP contribution in [-0.2, 0) is 0 Å². The van der Waals surface area contributed by atoms with E-state index in [1.54, 1.807) is 0 Å². The van der Waals surface area contributed by atoms with E-state index in [4.69, 9.17) is 0 Å². The van der Waals surface area contributed by atoms with Crippen molar-refractivity contribution in [1.29, 1.82) is 0 Å². The molecule has 1 atom stereocenters. The molecular formula is C12H16F2O. The lowest BCUT2D eigenvalue weighted by molar-refractivity contribution is 0.146. The smallest absolute Gasteiger partial charge is 0.129 e. The van der Waals surface area contributed by atoms with Crippen LogP contribution in [-0.4, -0.2) is 5.11 Å². The van der Waals surface area contributed by atoms with Gasteiger partial charge in [-0.3, -0.25) is 0 Å². The van der Waals surface area contributed by atoms with E-state index in [1.165, 1.54) is 6.92 Å². The van der Waals surface area contributed by atoms with Crippen molar-refractivity contribution in [1.82, 2.24) is 0 Å². The van der Waals surface area contributed by atoms with Gasteiger partial charge < -0.3 is 5.11 Å². The summed E-state index contributed by atoms with van der Waals surface area (Å²) in [5.41, 5.74) is 0.305. The van der Waals surface area contributed by atoms with Crippen LogP contribution in [0.25, 0.3) is 0 Å². The van der Waals surface area contributed by atoms with Crippen molar-refractivity contribution in [2.24, 2.45) is 5.92 Å². The molecule has 0 aliphatic carbocycles. The quantitative estimate of drug-likeness (QED) is 0.818. The van der Waals surface area contributed by atoms with Crippen molar-refractivity contribution in [3.8, 4) is 0 Å². The van der Waals surface area contributed by atoms with Gasteiger partial charge in [0.2, 0.25) is 0 Å². The summed E-state index contributed by atoms with van der Waals surface area (Å²) in [5, 5.41) is 9.68. The number of aryl methyl sites for hydroxylation is 1. The molecule has 0 radical (unpaired) electrons. The van der Waals surface area contributed by atoms with Gasteiger partial charge in [0.25, 0.3) is 0 Å². The Morgan fingerprint density at radius 1 is 1.20 bits per heavy atom. The minimum atomic E-state index is -0.930. The third kappa shape index (κ3) is 2.99. The van der Waals surface area contributed by atoms with E-state index in [9.17, 15) is 13.9 Å². The molecule has 0 bridgehead atoms. The predicted octanol–water partition coefficient (Wildman–Crippen LogP) is 3.35. The Balaban J connectivity index is 2.98. The van der Waals surface area contributed by atoms with Gasteiger partial charge in [-0.05, 0) is 37.0 Å². The highest BCUT2D eigenvalue weighted by molar-refractivity contribution is 5.26. The van der Waals surface area contributed by atoms with Gasteiger partial charge in [0.1, 0.15) is 11.6 Å². The fourth-order valence-electron chi connectivity index (χ4n) is 1.49. The standard InChI is InChI=1S/C12H16F2O/c1-7(2)4-12(15)9-6-10(13)8(3)5-11(9)14/h5-7,12,15H,4H2,1-3H3. The monoisotopic (exact) mass is 214 g/mol. The molecule has 1 rings (SSSR count). The second-order valence-electron chi connectivity index (χ2n) is 4.27. The first-order valence-electron chi connectivity index (χ1n) is 5.05. The molecule has 0 amide bonds. The second kappa shape index (κ2) is 4.71. The summed E-state index contributed by atoms with van der Waals surface area (Å²) in [7, 11) is 0. The lowest BCUT2D eigenvalue weighted by Crippen LogP contribution is -2.05. The molecule has 0 aromatic heterocycles. The van der Waals surface area contributed by atoms with E-state index >= 15 is 0 Å². The summed E-state index contributed by atoms with van der Waals surface area (Å²) in [6.45, 7) is 5.34. The predicted molar refractivity (Wildman–Crippen MR) is 55.5 cm³/mol. The van der Waals surface area contributed by atoms with Gasteiger partial charge in [0.15, 0.2) is 0 Å². The fraction of sp³-hybridized carbons (Fsp3) is 0.500. The molecule has 1 nitrogen and oxygen atoms in total. The summed E-state index contributed by atoms with van der Waals surface area (Å²) in [5.74, 6) is -0.778. The lowest BCUT2D eigenvalue weighted by atomic mass is 9.98. The van der Waals surface area contributed by atoms with Crippen molar-refractivity contribution < 1.29 is 13.9 Å². The molecule has 15 heavy (non-hydrogen) atoms. The molecule has 0 heterocycles. The number of rotatable bonds is 3. The van der Waals surface area contributed by atoms with E-state index < -0.39 is 17.7 Å². The lowest BCUT2D eigenvalue weighted by Gasteiger charge is -2.14. The Hall–Kier alpha value is -0.960. The SMILES string of the molecule is Cc1cc(F)c(C(O)CC(C)C)cc1F. The molecule has 3 heteroatoms. The summed E-state index contributed by atoms with van der Waals surface area (Å²) in [6.07, 6.45) is -0.500. The van der Waals surface area contributed by atoms with Gasteiger partial charge in [-0.1, -0.05) is 13.8 Å². The number of hydrogen-bond donors (Lipinski definition) is 1. The average Bonchev–Trinajstić information content (AvgIpc) is 2.09. The molecule has 1 aromatic carbocycles. The normalized spacial score (nSPS) is 13.3. The van der Waals surface area contributed by atoms with Crippen LogP contribution in [0.3, 0.4) is 0 Å². The number of aliphatic hydroxyl groups excluding tert-OH is 1. The third-order valence-corrected chi connectivity index (χ3v) is 2.33. The van der Waals surface area contributed by atoms with E-state index in [2.05, 4.69) is 0 Å². The molecule has 1 N–H and O–H groups in total. The highest BCUT2D eigenvalue weighted by atomic mass is 19.1. The van der Waals surface area contributed by atoms with E-state index in [-0.39, 0.29) is 17.0 Å². The Labute approximate surface area is 88.7 Å². The minimum Gasteiger partial charge on any atom is -0.388 e. The molecule has 0 saturated heterocycles. The third-order valence-electron chi connectivity index (χ3n) is 2.33. The first-order valence-corrected chi connectivity index (χ1v) is 5.05. The summed E-state index contributed by atoms with van der Waals surface area (Å²) >= 11 is 0. The maximum Gasteiger partial charge on any atom is 0.129 e. The first-order chi connectivity index (χ1) is 6.91. The van der Waals surface area contributed by atoms with Crippen molar-refractivity contribution in [2.75, 3.05) is 0 Å². The molecule has 0 aliphatic rings. The van der Waals surface area contributed by atoms with Crippen LogP contribution in [0.1, 0.15) is 37.5 Å². The van der Waals surface area contributed by atoms with Crippen LogP contribution in [0.15, 0.2) is 12.1 Å². The zero-order valence-electron chi connectivity index (χ0n) is 9.22. The Morgan fingerprint density at radius 2 is 1.80 bits per heavy atom. The van der Waals surface area contributed by atoms with E-state index in [0.717, 1.165) is 12.1 Å². The van der Waals surface area contributed by atoms with Crippen molar-refractivity contribution in [2.45, 2.75) is 33.3 Å². The zero-order chi connectivity index (χ0) is 11.6. The molecule has 1 unspecified atom stereocenters. The zero-order valence-corrected chi connectivity index (χ0v) is 9.22. The molecule has 0 saturated carbocycles. The number of benzene rings is 1. The van der Waals surface area contributed by atoms with Crippen LogP contribution < -0.4 is 0 Å². The maximum absolute atomic E-state index is 13.4. The molecule has 1 aromatic rings. The van der Waals surface area contributed by atoms with Crippen LogP contribution in [0.2, 0.25) is 0 Å². The second-order valence-corrected chi connectivity index (χ2v) is 4.27. The van der Waals surface area contributed by atoms with E-state index in [1.807, 2.05) is 13.8 Å². The van der Waals surface area contributed by atoms with Crippen molar-refractivity contribution >= 4 is 0 Å². The highest BCUT2D eigenvalue weighted by Crippen LogP contribution is 2.25. The van der Waals surface area contributed by atoms with Crippen LogP contribution in [0, 0.1) is 24.5 Å². The highest BCUT2D eigenvalue weighted by Gasteiger charge is 2.16.